The Balaban J connectivity index is 2.04. The number of nitrogen functional groups attached to an aromatic ring is 1. The number of anilines is 1. The number of halogens is 1. The third-order valence-corrected chi connectivity index (χ3v) is 4.33. The van der Waals surface area contributed by atoms with Crippen LogP contribution in [0.4, 0.5) is 5.69 Å². The highest BCUT2D eigenvalue weighted by Gasteiger charge is 2.13. The molecule has 1 aromatic heterocycles. The maximum atomic E-state index is 5.93. The molecule has 0 aliphatic rings. The lowest BCUT2D eigenvalue weighted by molar-refractivity contribution is 0.610. The molecule has 2 aromatic rings. The van der Waals surface area contributed by atoms with Crippen molar-refractivity contribution in [3.8, 4) is 0 Å². The first-order chi connectivity index (χ1) is 9.20. The molecule has 0 spiro atoms. The molecule has 0 aliphatic carbocycles. The van der Waals surface area contributed by atoms with Crippen molar-refractivity contribution in [3.63, 3.8) is 0 Å². The largest absolute Gasteiger partial charge is 0.398 e. The molecule has 0 saturated heterocycles. The molecular weight excluding hydrogens is 324 g/mol. The second-order valence-corrected chi connectivity index (χ2v) is 6.00. The van der Waals surface area contributed by atoms with E-state index >= 15 is 0 Å². The lowest BCUT2D eigenvalue weighted by atomic mass is 10.1. The number of nitrogens with one attached hydrogen (secondary N) is 1. The van der Waals surface area contributed by atoms with Crippen molar-refractivity contribution in [2.45, 2.75) is 10.9 Å². The molecule has 0 radical (unpaired) electrons. The van der Waals surface area contributed by atoms with E-state index in [4.69, 9.17) is 11.6 Å². The van der Waals surface area contributed by atoms with Gasteiger partial charge in [-0.1, -0.05) is 15.9 Å². The summed E-state index contributed by atoms with van der Waals surface area (Å²) in [5.41, 5.74) is 10.4. The second-order valence-electron chi connectivity index (χ2n) is 3.99. The van der Waals surface area contributed by atoms with Crippen LogP contribution in [0.1, 0.15) is 11.6 Å². The van der Waals surface area contributed by atoms with Crippen LogP contribution in [-0.2, 0) is 0 Å². The van der Waals surface area contributed by atoms with Gasteiger partial charge in [0.05, 0.1) is 6.04 Å². The van der Waals surface area contributed by atoms with Crippen LogP contribution in [0.15, 0.2) is 52.1 Å². The van der Waals surface area contributed by atoms with Crippen molar-refractivity contribution < 1.29 is 0 Å². The molecule has 1 atom stereocenters. The van der Waals surface area contributed by atoms with E-state index in [0.717, 1.165) is 15.8 Å². The van der Waals surface area contributed by atoms with E-state index in [2.05, 4.69) is 38.5 Å². The monoisotopic (exact) mass is 338 g/mol. The first-order valence-electron chi connectivity index (χ1n) is 5.74. The number of pyridine rings is 1. The predicted octanol–water partition coefficient (Wildman–Crippen LogP) is 2.72. The maximum Gasteiger partial charge on any atom is 0.0589 e. The van der Waals surface area contributed by atoms with Crippen LogP contribution < -0.4 is 17.0 Å². The fourth-order valence-electron chi connectivity index (χ4n) is 1.65. The number of thioether (sulfide) groups is 1. The van der Waals surface area contributed by atoms with Crippen molar-refractivity contribution in [2.24, 2.45) is 5.84 Å². The van der Waals surface area contributed by atoms with Gasteiger partial charge >= 0.3 is 0 Å². The molecule has 0 fully saturated rings. The van der Waals surface area contributed by atoms with Crippen molar-refractivity contribution in [2.75, 3.05) is 11.5 Å². The quantitative estimate of drug-likeness (QED) is 0.444. The molecule has 1 aromatic carbocycles. The van der Waals surface area contributed by atoms with E-state index in [1.165, 1.54) is 4.90 Å². The number of rotatable bonds is 5. The zero-order valence-electron chi connectivity index (χ0n) is 10.2. The van der Waals surface area contributed by atoms with Gasteiger partial charge in [-0.2, -0.15) is 0 Å². The minimum atomic E-state index is -0.0256. The molecule has 100 valence electrons. The van der Waals surface area contributed by atoms with Crippen LogP contribution in [0.5, 0.6) is 0 Å². The van der Waals surface area contributed by atoms with Gasteiger partial charge in [-0.15, -0.1) is 11.8 Å². The van der Waals surface area contributed by atoms with Gasteiger partial charge in [0.25, 0.3) is 0 Å². The van der Waals surface area contributed by atoms with Crippen molar-refractivity contribution in [1.29, 1.82) is 0 Å². The van der Waals surface area contributed by atoms with Crippen LogP contribution in [0, 0.1) is 0 Å². The van der Waals surface area contributed by atoms with Crippen molar-refractivity contribution >= 4 is 33.4 Å². The third-order valence-electron chi connectivity index (χ3n) is 2.69. The summed E-state index contributed by atoms with van der Waals surface area (Å²) in [5.74, 6) is 6.39. The summed E-state index contributed by atoms with van der Waals surface area (Å²) in [6.45, 7) is 0. The lowest BCUT2D eigenvalue weighted by Crippen LogP contribution is -2.30. The highest BCUT2D eigenvalue weighted by Crippen LogP contribution is 2.27. The van der Waals surface area contributed by atoms with E-state index in [0.29, 0.717) is 5.69 Å². The highest BCUT2D eigenvalue weighted by molar-refractivity contribution is 9.10. The number of hydrazine groups is 1. The summed E-state index contributed by atoms with van der Waals surface area (Å²) in [4.78, 5) is 5.28. The molecule has 4 nitrogen and oxygen atoms in total. The van der Waals surface area contributed by atoms with Gasteiger partial charge in [-0.05, 0) is 30.3 Å². The Kier molecular flexibility index (Phi) is 5.21. The van der Waals surface area contributed by atoms with E-state index in [9.17, 15) is 0 Å². The zero-order chi connectivity index (χ0) is 13.7. The van der Waals surface area contributed by atoms with Crippen LogP contribution >= 0.6 is 27.7 Å². The molecule has 2 rings (SSSR count). The van der Waals surface area contributed by atoms with Crippen LogP contribution in [0.3, 0.4) is 0 Å². The Labute approximate surface area is 125 Å². The SMILES string of the molecule is NNC(CSc1ccc(Br)cc1)c1cnccc1N. The summed E-state index contributed by atoms with van der Waals surface area (Å²) >= 11 is 5.14. The summed E-state index contributed by atoms with van der Waals surface area (Å²) in [6, 6.07) is 9.92. The fraction of sp³-hybridized carbons (Fsp3) is 0.154. The summed E-state index contributed by atoms with van der Waals surface area (Å²) in [5, 5.41) is 0. The van der Waals surface area contributed by atoms with Gasteiger partial charge in [0.2, 0.25) is 0 Å². The molecule has 5 N–H and O–H groups in total. The van der Waals surface area contributed by atoms with E-state index < -0.39 is 0 Å². The second kappa shape index (κ2) is 6.91. The standard InChI is InChI=1S/C13H15BrN4S/c14-9-1-3-10(4-2-9)19-8-13(18-16)11-7-17-6-5-12(11)15/h1-7,13,18H,8,16H2,(H2,15,17). The predicted molar refractivity (Wildman–Crippen MR) is 83.6 cm³/mol. The molecule has 0 bridgehead atoms. The zero-order valence-corrected chi connectivity index (χ0v) is 12.6. The first kappa shape index (κ1) is 14.3. The smallest absolute Gasteiger partial charge is 0.0589 e. The number of hydrogen-bond donors (Lipinski definition) is 3. The Bertz CT molecular complexity index is 532. The number of nitrogens with two attached hydrogens (primary N) is 2. The van der Waals surface area contributed by atoms with Gasteiger partial charge in [0.15, 0.2) is 0 Å². The first-order valence-corrected chi connectivity index (χ1v) is 7.52. The van der Waals surface area contributed by atoms with Gasteiger partial charge in [0, 0.05) is 38.8 Å². The Morgan fingerprint density at radius 3 is 2.63 bits per heavy atom. The van der Waals surface area contributed by atoms with Crippen LogP contribution in [0.2, 0.25) is 0 Å². The summed E-state index contributed by atoms with van der Waals surface area (Å²) in [7, 11) is 0. The topological polar surface area (TPSA) is 77.0 Å². The Hall–Kier alpha value is -1.08. The van der Waals surface area contributed by atoms with Crippen LogP contribution in [0.25, 0.3) is 0 Å². The third kappa shape index (κ3) is 3.94. The molecule has 1 unspecified atom stereocenters. The summed E-state index contributed by atoms with van der Waals surface area (Å²) < 4.78 is 1.07. The average molecular weight is 339 g/mol. The number of benzene rings is 1. The van der Waals surface area contributed by atoms with Crippen molar-refractivity contribution in [1.82, 2.24) is 10.4 Å². The molecule has 1 heterocycles. The highest BCUT2D eigenvalue weighted by atomic mass is 79.9. The molecule has 0 amide bonds. The maximum absolute atomic E-state index is 5.93. The summed E-state index contributed by atoms with van der Waals surface area (Å²) in [6.07, 6.45) is 3.43. The van der Waals surface area contributed by atoms with Gasteiger partial charge in [-0.3, -0.25) is 16.3 Å². The van der Waals surface area contributed by atoms with E-state index in [-0.39, 0.29) is 6.04 Å². The molecule has 6 heteroatoms. The van der Waals surface area contributed by atoms with Gasteiger partial charge in [-0.25, -0.2) is 0 Å². The molecular formula is C13H15BrN4S. The fourth-order valence-corrected chi connectivity index (χ4v) is 2.87. The molecule has 0 saturated carbocycles. The lowest BCUT2D eigenvalue weighted by Gasteiger charge is -2.17. The van der Waals surface area contributed by atoms with Gasteiger partial charge in [0.1, 0.15) is 0 Å². The normalized spacial score (nSPS) is 12.3. The Morgan fingerprint density at radius 1 is 1.26 bits per heavy atom. The van der Waals surface area contributed by atoms with E-state index in [1.54, 1.807) is 30.2 Å². The Morgan fingerprint density at radius 2 is 2.00 bits per heavy atom. The molecule has 0 aliphatic heterocycles. The van der Waals surface area contributed by atoms with Crippen molar-refractivity contribution in [3.05, 3.63) is 52.8 Å². The molecule has 19 heavy (non-hydrogen) atoms. The number of aromatic nitrogens is 1. The average Bonchev–Trinajstić information content (AvgIpc) is 2.43. The number of nitrogens with zero attached hydrogens (tertiary/aromatic N) is 1. The van der Waals surface area contributed by atoms with Gasteiger partial charge < -0.3 is 5.73 Å². The minimum absolute atomic E-state index is 0.0256. The number of hydrogen-bond acceptors (Lipinski definition) is 5. The van der Waals surface area contributed by atoms with E-state index in [1.807, 2.05) is 12.1 Å². The van der Waals surface area contributed by atoms with Crippen LogP contribution in [-0.4, -0.2) is 10.7 Å². The minimum Gasteiger partial charge on any atom is -0.398 e.